The Balaban J connectivity index is 0.00000264. The molecule has 0 radical (unpaired) electrons. The van der Waals surface area contributed by atoms with E-state index in [9.17, 15) is 13.2 Å². The second-order valence-electron chi connectivity index (χ2n) is 5.54. The van der Waals surface area contributed by atoms with Crippen LogP contribution in [0.25, 0.3) is 0 Å². The number of ether oxygens (including phenoxy) is 1. The third-order valence-electron chi connectivity index (χ3n) is 3.56. The predicted octanol–water partition coefficient (Wildman–Crippen LogP) is 1.10. The lowest BCUT2D eigenvalue weighted by atomic mass is 10.2. The topological polar surface area (TPSA) is 75.7 Å². The lowest BCUT2D eigenvalue weighted by Crippen LogP contribution is -2.51. The highest BCUT2D eigenvalue weighted by molar-refractivity contribution is 7.90. The number of nitrogens with zero attached hydrogens (tertiary/aromatic N) is 1. The Labute approximate surface area is 143 Å². The number of hydrogen-bond acceptors (Lipinski definition) is 5. The number of halogens is 1. The van der Waals surface area contributed by atoms with E-state index in [1.54, 1.807) is 12.1 Å². The van der Waals surface area contributed by atoms with Gasteiger partial charge in [-0.05, 0) is 31.2 Å². The first-order valence-electron chi connectivity index (χ1n) is 7.30. The van der Waals surface area contributed by atoms with Crippen molar-refractivity contribution in [3.8, 4) is 5.75 Å². The van der Waals surface area contributed by atoms with Crippen LogP contribution in [-0.4, -0.2) is 57.8 Å². The zero-order chi connectivity index (χ0) is 16.2. The van der Waals surface area contributed by atoms with Gasteiger partial charge in [-0.1, -0.05) is 0 Å². The Morgan fingerprint density at radius 1 is 1.35 bits per heavy atom. The van der Waals surface area contributed by atoms with E-state index in [1.807, 2.05) is 4.90 Å². The van der Waals surface area contributed by atoms with Crippen molar-refractivity contribution in [2.45, 2.75) is 24.3 Å². The minimum atomic E-state index is -3.20. The van der Waals surface area contributed by atoms with Gasteiger partial charge in [-0.25, -0.2) is 8.42 Å². The molecule has 1 amide bonds. The number of hydrogen-bond donors (Lipinski definition) is 1. The first kappa shape index (κ1) is 19.7. The van der Waals surface area contributed by atoms with E-state index in [2.05, 4.69) is 12.2 Å². The molecule has 1 heterocycles. The van der Waals surface area contributed by atoms with Gasteiger partial charge in [0, 0.05) is 31.9 Å². The van der Waals surface area contributed by atoms with Crippen LogP contribution in [-0.2, 0) is 14.6 Å². The maximum Gasteiger partial charge on any atom is 0.226 e. The highest BCUT2D eigenvalue weighted by atomic mass is 35.5. The van der Waals surface area contributed by atoms with Gasteiger partial charge < -0.3 is 15.0 Å². The maximum absolute atomic E-state index is 12.1. The molecule has 1 aliphatic heterocycles. The van der Waals surface area contributed by atoms with Gasteiger partial charge in [0.05, 0.1) is 17.9 Å². The Morgan fingerprint density at radius 2 is 2.00 bits per heavy atom. The fraction of sp³-hybridized carbons (Fsp3) is 0.533. The number of rotatable bonds is 5. The summed E-state index contributed by atoms with van der Waals surface area (Å²) in [5, 5.41) is 3.29. The summed E-state index contributed by atoms with van der Waals surface area (Å²) in [6, 6.07) is 6.54. The lowest BCUT2D eigenvalue weighted by molar-refractivity contribution is -0.132. The predicted molar refractivity (Wildman–Crippen MR) is 91.0 cm³/mol. The molecule has 1 N–H and O–H groups in total. The first-order valence-corrected chi connectivity index (χ1v) is 9.19. The summed E-state index contributed by atoms with van der Waals surface area (Å²) in [7, 11) is -3.20. The molecule has 2 rings (SSSR count). The molecule has 0 spiro atoms. The van der Waals surface area contributed by atoms with Crippen LogP contribution < -0.4 is 10.1 Å². The molecular formula is C15H23ClN2O4S. The minimum absolute atomic E-state index is 0. The second-order valence-corrected chi connectivity index (χ2v) is 7.55. The van der Waals surface area contributed by atoms with E-state index in [0.717, 1.165) is 25.9 Å². The van der Waals surface area contributed by atoms with Gasteiger partial charge in [0.15, 0.2) is 9.84 Å². The van der Waals surface area contributed by atoms with E-state index in [4.69, 9.17) is 4.74 Å². The SMILES string of the molecule is CC1CN(C(=O)CCOc2ccc(S(C)(=O)=O)cc2)CCN1.Cl. The van der Waals surface area contributed by atoms with Crippen molar-refractivity contribution in [1.29, 1.82) is 0 Å². The number of benzene rings is 1. The zero-order valence-corrected chi connectivity index (χ0v) is 15.0. The van der Waals surface area contributed by atoms with E-state index in [1.165, 1.54) is 12.1 Å². The number of carbonyl (C=O) groups is 1. The van der Waals surface area contributed by atoms with E-state index >= 15 is 0 Å². The Hall–Kier alpha value is -1.31. The van der Waals surface area contributed by atoms with Crippen molar-refractivity contribution in [2.75, 3.05) is 32.5 Å². The molecule has 1 saturated heterocycles. The van der Waals surface area contributed by atoms with Crippen LogP contribution in [0.5, 0.6) is 5.75 Å². The fourth-order valence-corrected chi connectivity index (χ4v) is 2.99. The molecular weight excluding hydrogens is 340 g/mol. The summed E-state index contributed by atoms with van der Waals surface area (Å²) in [4.78, 5) is 14.2. The molecule has 0 saturated carbocycles. The molecule has 0 aliphatic carbocycles. The lowest BCUT2D eigenvalue weighted by Gasteiger charge is -2.31. The van der Waals surface area contributed by atoms with Crippen molar-refractivity contribution < 1.29 is 17.9 Å². The average Bonchev–Trinajstić information content (AvgIpc) is 2.47. The largest absolute Gasteiger partial charge is 0.493 e. The zero-order valence-electron chi connectivity index (χ0n) is 13.3. The number of nitrogens with one attached hydrogen (secondary N) is 1. The first-order chi connectivity index (χ1) is 10.4. The number of piperazine rings is 1. The molecule has 1 aliphatic rings. The Bertz CT molecular complexity index is 619. The average molecular weight is 363 g/mol. The molecule has 130 valence electrons. The van der Waals surface area contributed by atoms with E-state index in [0.29, 0.717) is 18.2 Å². The Kier molecular flexibility index (Phi) is 7.31. The molecule has 1 aromatic rings. The highest BCUT2D eigenvalue weighted by Crippen LogP contribution is 2.16. The van der Waals surface area contributed by atoms with Crippen LogP contribution >= 0.6 is 12.4 Å². The third kappa shape index (κ3) is 6.01. The molecule has 1 atom stereocenters. The van der Waals surface area contributed by atoms with Gasteiger partial charge in [-0.15, -0.1) is 12.4 Å². The summed E-state index contributed by atoms with van der Waals surface area (Å²) in [5.74, 6) is 0.648. The molecule has 0 aromatic heterocycles. The van der Waals surface area contributed by atoms with E-state index in [-0.39, 0.29) is 29.8 Å². The van der Waals surface area contributed by atoms with Gasteiger partial charge in [-0.2, -0.15) is 0 Å². The molecule has 1 fully saturated rings. The van der Waals surface area contributed by atoms with Gasteiger partial charge in [0.1, 0.15) is 5.75 Å². The van der Waals surface area contributed by atoms with Crippen LogP contribution in [0.1, 0.15) is 13.3 Å². The molecule has 1 aromatic carbocycles. The summed E-state index contributed by atoms with van der Waals surface area (Å²) in [6.07, 6.45) is 1.48. The normalized spacial score (nSPS) is 18.2. The summed E-state index contributed by atoms with van der Waals surface area (Å²) in [6.45, 7) is 4.61. The highest BCUT2D eigenvalue weighted by Gasteiger charge is 2.20. The van der Waals surface area contributed by atoms with Crippen LogP contribution in [0.3, 0.4) is 0 Å². The minimum Gasteiger partial charge on any atom is -0.493 e. The fourth-order valence-electron chi connectivity index (χ4n) is 2.36. The van der Waals surface area contributed by atoms with Gasteiger partial charge in [0.2, 0.25) is 5.91 Å². The third-order valence-corrected chi connectivity index (χ3v) is 4.69. The number of amides is 1. The van der Waals surface area contributed by atoms with Crippen LogP contribution in [0.15, 0.2) is 29.2 Å². The molecule has 8 heteroatoms. The van der Waals surface area contributed by atoms with Crippen molar-refractivity contribution >= 4 is 28.2 Å². The molecule has 1 unspecified atom stereocenters. The van der Waals surface area contributed by atoms with Gasteiger partial charge >= 0.3 is 0 Å². The van der Waals surface area contributed by atoms with Crippen LogP contribution in [0, 0.1) is 0 Å². The molecule has 23 heavy (non-hydrogen) atoms. The van der Waals surface area contributed by atoms with Crippen LogP contribution in [0.2, 0.25) is 0 Å². The standard InChI is InChI=1S/C15H22N2O4S.ClH/c1-12-11-17(9-8-16-12)15(18)7-10-21-13-3-5-14(6-4-13)22(2,19)20;/h3-6,12,16H,7-11H2,1-2H3;1H. The summed E-state index contributed by atoms with van der Waals surface area (Å²) >= 11 is 0. The van der Waals surface area contributed by atoms with Crippen molar-refractivity contribution in [2.24, 2.45) is 0 Å². The smallest absolute Gasteiger partial charge is 0.226 e. The summed E-state index contributed by atoms with van der Waals surface area (Å²) in [5.41, 5.74) is 0. The van der Waals surface area contributed by atoms with Crippen molar-refractivity contribution in [3.05, 3.63) is 24.3 Å². The number of carbonyl (C=O) groups excluding carboxylic acids is 1. The molecule has 6 nitrogen and oxygen atoms in total. The summed E-state index contributed by atoms with van der Waals surface area (Å²) < 4.78 is 28.2. The molecule has 0 bridgehead atoms. The number of sulfone groups is 1. The second kappa shape index (κ2) is 8.52. The van der Waals surface area contributed by atoms with E-state index < -0.39 is 9.84 Å². The Morgan fingerprint density at radius 3 is 2.57 bits per heavy atom. The van der Waals surface area contributed by atoms with Gasteiger partial charge in [-0.3, -0.25) is 4.79 Å². The monoisotopic (exact) mass is 362 g/mol. The van der Waals surface area contributed by atoms with Crippen LogP contribution in [0.4, 0.5) is 0 Å². The quantitative estimate of drug-likeness (QED) is 0.849. The van der Waals surface area contributed by atoms with Gasteiger partial charge in [0.25, 0.3) is 0 Å². The maximum atomic E-state index is 12.1. The van der Waals surface area contributed by atoms with Crippen molar-refractivity contribution in [1.82, 2.24) is 10.2 Å². The van der Waals surface area contributed by atoms with Crippen molar-refractivity contribution in [3.63, 3.8) is 0 Å².